The van der Waals surface area contributed by atoms with E-state index in [4.69, 9.17) is 11.6 Å². The maximum Gasteiger partial charge on any atom is 0.227 e. The molecule has 1 aliphatic heterocycles. The number of aromatic nitrogens is 3. The molecule has 1 atom stereocenters. The van der Waals surface area contributed by atoms with Gasteiger partial charge < -0.3 is 4.90 Å². The van der Waals surface area contributed by atoms with E-state index in [-0.39, 0.29) is 23.4 Å². The molecule has 1 amide bonds. The predicted molar refractivity (Wildman–Crippen MR) is 79.9 cm³/mol. The van der Waals surface area contributed by atoms with Crippen molar-refractivity contribution in [1.82, 2.24) is 20.1 Å². The number of nitrogens with zero attached hydrogens (tertiary/aromatic N) is 3. The molecule has 1 saturated heterocycles. The van der Waals surface area contributed by atoms with Gasteiger partial charge in [-0.15, -0.1) is 0 Å². The summed E-state index contributed by atoms with van der Waals surface area (Å²) in [7, 11) is 0. The van der Waals surface area contributed by atoms with Crippen molar-refractivity contribution in [3.05, 3.63) is 46.3 Å². The third-order valence-electron chi connectivity index (χ3n) is 3.84. The van der Waals surface area contributed by atoms with Crippen molar-refractivity contribution in [1.29, 1.82) is 0 Å². The maximum absolute atomic E-state index is 13.1. The molecule has 1 fully saturated rings. The molecule has 0 unspecified atom stereocenters. The number of rotatable bonds is 3. The first kappa shape index (κ1) is 15.0. The molecule has 0 spiro atoms. The highest BCUT2D eigenvalue weighted by molar-refractivity contribution is 6.31. The van der Waals surface area contributed by atoms with E-state index in [0.29, 0.717) is 17.9 Å². The van der Waals surface area contributed by atoms with Gasteiger partial charge in [0.15, 0.2) is 5.82 Å². The molecule has 22 heavy (non-hydrogen) atoms. The monoisotopic (exact) mass is 322 g/mol. The van der Waals surface area contributed by atoms with Gasteiger partial charge in [0, 0.05) is 11.6 Å². The molecular formula is C15H16ClFN4O. The molecule has 116 valence electrons. The Kier molecular flexibility index (Phi) is 4.11. The number of H-pyrrole nitrogens is 1. The summed E-state index contributed by atoms with van der Waals surface area (Å²) in [6.45, 7) is 2.51. The predicted octanol–water partition coefficient (Wildman–Crippen LogP) is 2.81. The lowest BCUT2D eigenvalue weighted by Crippen LogP contribution is -2.32. The van der Waals surface area contributed by atoms with Gasteiger partial charge in [0.1, 0.15) is 11.6 Å². The van der Waals surface area contributed by atoms with Crippen molar-refractivity contribution in [3.8, 4) is 0 Å². The fourth-order valence-electron chi connectivity index (χ4n) is 2.77. The Labute approximate surface area is 132 Å². The van der Waals surface area contributed by atoms with Crippen molar-refractivity contribution in [2.24, 2.45) is 0 Å². The molecule has 0 saturated carbocycles. The molecule has 1 aromatic heterocycles. The first-order valence-corrected chi connectivity index (χ1v) is 7.54. The molecule has 2 aromatic rings. The molecule has 0 bridgehead atoms. The third kappa shape index (κ3) is 2.97. The summed E-state index contributed by atoms with van der Waals surface area (Å²) in [5.41, 5.74) is 0.630. The van der Waals surface area contributed by atoms with Crippen molar-refractivity contribution in [2.45, 2.75) is 32.2 Å². The van der Waals surface area contributed by atoms with Gasteiger partial charge in [-0.05, 0) is 37.5 Å². The summed E-state index contributed by atoms with van der Waals surface area (Å²) in [6.07, 6.45) is 1.92. The van der Waals surface area contributed by atoms with E-state index >= 15 is 0 Å². The number of nitrogens with one attached hydrogen (secondary N) is 1. The van der Waals surface area contributed by atoms with Crippen LogP contribution in [0.5, 0.6) is 0 Å². The summed E-state index contributed by atoms with van der Waals surface area (Å²) in [5, 5.41) is 7.24. The number of benzene rings is 1. The molecule has 2 heterocycles. The van der Waals surface area contributed by atoms with Crippen LogP contribution >= 0.6 is 11.6 Å². The van der Waals surface area contributed by atoms with Crippen LogP contribution in [0.4, 0.5) is 4.39 Å². The van der Waals surface area contributed by atoms with Gasteiger partial charge in [0.05, 0.1) is 12.5 Å². The summed E-state index contributed by atoms with van der Waals surface area (Å²) >= 11 is 6.00. The number of amides is 1. The summed E-state index contributed by atoms with van der Waals surface area (Å²) in [6, 6.07) is 3.99. The number of likely N-dealkylation sites (tertiary alicyclic amines) is 1. The van der Waals surface area contributed by atoms with Gasteiger partial charge in [-0.25, -0.2) is 9.37 Å². The lowest BCUT2D eigenvalue weighted by atomic mass is 10.1. The van der Waals surface area contributed by atoms with Crippen LogP contribution in [-0.4, -0.2) is 32.5 Å². The quantitative estimate of drug-likeness (QED) is 0.945. The number of aryl methyl sites for hydroxylation is 1. The van der Waals surface area contributed by atoms with E-state index in [2.05, 4.69) is 15.2 Å². The molecule has 1 N–H and O–H groups in total. The van der Waals surface area contributed by atoms with Crippen molar-refractivity contribution >= 4 is 17.5 Å². The third-order valence-corrected chi connectivity index (χ3v) is 4.19. The van der Waals surface area contributed by atoms with Crippen LogP contribution in [0.25, 0.3) is 0 Å². The highest BCUT2D eigenvalue weighted by Gasteiger charge is 2.32. The summed E-state index contributed by atoms with van der Waals surface area (Å²) in [5.74, 6) is 0.930. The molecule has 1 aromatic carbocycles. The lowest BCUT2D eigenvalue weighted by Gasteiger charge is -2.22. The van der Waals surface area contributed by atoms with E-state index in [9.17, 15) is 9.18 Å². The number of carbonyl (C=O) groups excluding carboxylic acids is 1. The van der Waals surface area contributed by atoms with Crippen LogP contribution in [0.15, 0.2) is 18.2 Å². The average Bonchev–Trinajstić information content (AvgIpc) is 3.10. The SMILES string of the molecule is Cc1nc([C@@H]2CCCN2C(=O)Cc2ccc(F)cc2Cl)n[nH]1. The van der Waals surface area contributed by atoms with Gasteiger partial charge in [-0.3, -0.25) is 9.89 Å². The maximum atomic E-state index is 13.1. The molecule has 0 aliphatic carbocycles. The van der Waals surface area contributed by atoms with E-state index in [1.54, 1.807) is 11.0 Å². The van der Waals surface area contributed by atoms with Gasteiger partial charge in [-0.1, -0.05) is 17.7 Å². The lowest BCUT2D eigenvalue weighted by molar-refractivity contribution is -0.131. The molecular weight excluding hydrogens is 307 g/mol. The minimum Gasteiger partial charge on any atom is -0.332 e. The van der Waals surface area contributed by atoms with Crippen molar-refractivity contribution < 1.29 is 9.18 Å². The van der Waals surface area contributed by atoms with Crippen molar-refractivity contribution in [2.75, 3.05) is 6.54 Å². The number of aromatic amines is 1. The Morgan fingerprint density at radius 1 is 1.55 bits per heavy atom. The molecule has 0 radical (unpaired) electrons. The standard InChI is InChI=1S/C15H16ClFN4O/c1-9-18-15(20-19-9)13-3-2-6-21(13)14(22)7-10-4-5-11(17)8-12(10)16/h4-5,8,13H,2-3,6-7H2,1H3,(H,18,19,20)/t13-/m0/s1. The Hall–Kier alpha value is -1.95. The minimum absolute atomic E-state index is 0.0431. The normalized spacial score (nSPS) is 18.0. The number of hydrogen-bond donors (Lipinski definition) is 1. The van der Waals surface area contributed by atoms with Gasteiger partial charge >= 0.3 is 0 Å². The second-order valence-electron chi connectivity index (χ2n) is 5.44. The van der Waals surface area contributed by atoms with E-state index in [1.165, 1.54) is 12.1 Å². The zero-order valence-electron chi connectivity index (χ0n) is 12.1. The molecule has 3 rings (SSSR count). The van der Waals surface area contributed by atoms with E-state index < -0.39 is 5.82 Å². The number of hydrogen-bond acceptors (Lipinski definition) is 3. The topological polar surface area (TPSA) is 61.9 Å². The molecule has 1 aliphatic rings. The average molecular weight is 323 g/mol. The molecule has 7 heteroatoms. The zero-order chi connectivity index (χ0) is 15.7. The summed E-state index contributed by atoms with van der Waals surface area (Å²) in [4.78, 5) is 18.7. The zero-order valence-corrected chi connectivity index (χ0v) is 12.9. The number of carbonyl (C=O) groups is 1. The van der Waals surface area contributed by atoms with Crippen LogP contribution in [0.2, 0.25) is 5.02 Å². The van der Waals surface area contributed by atoms with Gasteiger partial charge in [0.2, 0.25) is 5.91 Å². The van der Waals surface area contributed by atoms with Crippen LogP contribution in [0, 0.1) is 12.7 Å². The van der Waals surface area contributed by atoms with Gasteiger partial charge in [-0.2, -0.15) is 5.10 Å². The largest absolute Gasteiger partial charge is 0.332 e. The Morgan fingerprint density at radius 3 is 3.05 bits per heavy atom. The van der Waals surface area contributed by atoms with Crippen LogP contribution in [-0.2, 0) is 11.2 Å². The van der Waals surface area contributed by atoms with Crippen molar-refractivity contribution in [3.63, 3.8) is 0 Å². The Morgan fingerprint density at radius 2 is 2.36 bits per heavy atom. The Bertz CT molecular complexity index is 703. The first-order valence-electron chi connectivity index (χ1n) is 7.17. The van der Waals surface area contributed by atoms with E-state index in [0.717, 1.165) is 18.7 Å². The fraction of sp³-hybridized carbons (Fsp3) is 0.400. The highest BCUT2D eigenvalue weighted by Crippen LogP contribution is 2.31. The van der Waals surface area contributed by atoms with Gasteiger partial charge in [0.25, 0.3) is 0 Å². The highest BCUT2D eigenvalue weighted by atomic mass is 35.5. The second-order valence-corrected chi connectivity index (χ2v) is 5.84. The fourth-order valence-corrected chi connectivity index (χ4v) is 3.01. The van der Waals surface area contributed by atoms with Crippen LogP contribution in [0.1, 0.15) is 36.1 Å². The Balaban J connectivity index is 1.76. The second kappa shape index (κ2) is 6.04. The molecule has 5 nitrogen and oxygen atoms in total. The van der Waals surface area contributed by atoms with E-state index in [1.807, 2.05) is 6.92 Å². The van der Waals surface area contributed by atoms with Crippen LogP contribution < -0.4 is 0 Å². The smallest absolute Gasteiger partial charge is 0.227 e. The summed E-state index contributed by atoms with van der Waals surface area (Å²) < 4.78 is 13.1. The van der Waals surface area contributed by atoms with Crippen LogP contribution in [0.3, 0.4) is 0 Å². The minimum atomic E-state index is -0.406. The number of halogens is 2. The first-order chi connectivity index (χ1) is 10.5.